The minimum absolute atomic E-state index is 0.00758. The van der Waals surface area contributed by atoms with E-state index < -0.39 is 17.8 Å². The summed E-state index contributed by atoms with van der Waals surface area (Å²) in [5, 5.41) is 10.2. The van der Waals surface area contributed by atoms with Gasteiger partial charge in [0.25, 0.3) is 0 Å². The summed E-state index contributed by atoms with van der Waals surface area (Å²) in [6.07, 6.45) is -0.123. The fourth-order valence-corrected chi connectivity index (χ4v) is 3.24. The summed E-state index contributed by atoms with van der Waals surface area (Å²) in [5.74, 6) is 0.482. The van der Waals surface area contributed by atoms with Crippen LogP contribution in [0.4, 0.5) is 13.2 Å². The zero-order valence-electron chi connectivity index (χ0n) is 13.0. The molecule has 24 heavy (non-hydrogen) atoms. The molecule has 0 aromatic carbocycles. The molecule has 0 saturated carbocycles. The molecule has 3 rings (SSSR count). The molecule has 1 saturated heterocycles. The number of rotatable bonds is 5. The number of likely N-dealkylation sites (tertiary alicyclic amines) is 1. The van der Waals surface area contributed by atoms with E-state index in [0.29, 0.717) is 18.7 Å². The van der Waals surface area contributed by atoms with Gasteiger partial charge >= 0.3 is 6.18 Å². The number of nitrogens with zero attached hydrogens (tertiary/aromatic N) is 2. The number of hydrogen-bond donors (Lipinski definition) is 1. The lowest BCUT2D eigenvalue weighted by Crippen LogP contribution is -2.31. The molecular weight excluding hydrogens is 321 g/mol. The topological polar surface area (TPSA) is 49.5 Å². The van der Waals surface area contributed by atoms with Crippen molar-refractivity contribution in [1.82, 2.24) is 9.88 Å². The van der Waals surface area contributed by atoms with Crippen molar-refractivity contribution in [3.63, 3.8) is 0 Å². The second kappa shape index (κ2) is 6.94. The second-order valence-corrected chi connectivity index (χ2v) is 6.03. The third-order valence-electron chi connectivity index (χ3n) is 4.41. The van der Waals surface area contributed by atoms with Gasteiger partial charge in [-0.2, -0.15) is 13.2 Å². The first-order valence-electron chi connectivity index (χ1n) is 7.92. The smallest absolute Gasteiger partial charge is 0.418 e. The van der Waals surface area contributed by atoms with E-state index in [1.54, 1.807) is 12.1 Å². The Balaban J connectivity index is 1.71. The van der Waals surface area contributed by atoms with Gasteiger partial charge in [-0.15, -0.1) is 0 Å². The Morgan fingerprint density at radius 1 is 1.33 bits per heavy atom. The third kappa shape index (κ3) is 3.79. The van der Waals surface area contributed by atoms with Crippen molar-refractivity contribution in [2.75, 3.05) is 6.54 Å². The van der Waals surface area contributed by atoms with Crippen LogP contribution in [0.25, 0.3) is 0 Å². The van der Waals surface area contributed by atoms with Crippen LogP contribution in [-0.2, 0) is 12.7 Å². The Hall–Kier alpha value is -1.86. The van der Waals surface area contributed by atoms with E-state index in [0.717, 1.165) is 18.9 Å². The zero-order chi connectivity index (χ0) is 17.2. The predicted molar refractivity (Wildman–Crippen MR) is 81.0 cm³/mol. The SMILES string of the molecule is OC(CC1CCCN1Cc1ncccc1C(F)(F)F)c1ccco1. The molecule has 4 nitrogen and oxygen atoms in total. The molecule has 1 aliphatic heterocycles. The van der Waals surface area contributed by atoms with Crippen LogP contribution >= 0.6 is 0 Å². The number of aliphatic hydroxyl groups excluding tert-OH is 1. The van der Waals surface area contributed by atoms with Crippen LogP contribution in [0.1, 0.15) is 42.4 Å². The monoisotopic (exact) mass is 340 g/mol. The Kier molecular flexibility index (Phi) is 4.91. The van der Waals surface area contributed by atoms with Gasteiger partial charge < -0.3 is 9.52 Å². The number of furan rings is 1. The molecule has 3 heterocycles. The molecule has 2 aromatic heterocycles. The largest absolute Gasteiger partial charge is 0.467 e. The molecule has 1 N–H and O–H groups in total. The number of halogens is 3. The first-order chi connectivity index (χ1) is 11.4. The van der Waals surface area contributed by atoms with E-state index in [1.807, 2.05) is 4.90 Å². The van der Waals surface area contributed by atoms with Gasteiger partial charge in [0.2, 0.25) is 0 Å². The number of aromatic nitrogens is 1. The van der Waals surface area contributed by atoms with E-state index >= 15 is 0 Å². The maximum atomic E-state index is 13.1. The normalized spacial score (nSPS) is 20.4. The summed E-state index contributed by atoms with van der Waals surface area (Å²) in [7, 11) is 0. The summed E-state index contributed by atoms with van der Waals surface area (Å²) in [4.78, 5) is 5.89. The van der Waals surface area contributed by atoms with Crippen molar-refractivity contribution in [3.8, 4) is 0 Å². The van der Waals surface area contributed by atoms with E-state index in [2.05, 4.69) is 4.98 Å². The van der Waals surface area contributed by atoms with E-state index in [-0.39, 0.29) is 18.3 Å². The van der Waals surface area contributed by atoms with Gasteiger partial charge in [0.1, 0.15) is 11.9 Å². The molecule has 2 aromatic rings. The fraction of sp³-hybridized carbons (Fsp3) is 0.471. The molecular formula is C17H19F3N2O2. The Bertz CT molecular complexity index is 658. The fourth-order valence-electron chi connectivity index (χ4n) is 3.24. The lowest BCUT2D eigenvalue weighted by atomic mass is 10.0. The third-order valence-corrected chi connectivity index (χ3v) is 4.41. The molecule has 0 aliphatic carbocycles. The predicted octanol–water partition coefficient (Wildman–Crippen LogP) is 3.78. The van der Waals surface area contributed by atoms with Gasteiger partial charge in [0.15, 0.2) is 0 Å². The number of pyridine rings is 1. The van der Waals surface area contributed by atoms with Gasteiger partial charge in [-0.25, -0.2) is 0 Å². The molecule has 2 unspecified atom stereocenters. The summed E-state index contributed by atoms with van der Waals surface area (Å²) in [5.41, 5.74) is -0.661. The van der Waals surface area contributed by atoms with Gasteiger partial charge in [0, 0.05) is 18.8 Å². The van der Waals surface area contributed by atoms with Crippen LogP contribution in [0.15, 0.2) is 41.1 Å². The highest BCUT2D eigenvalue weighted by Gasteiger charge is 2.35. The van der Waals surface area contributed by atoms with Crippen molar-refractivity contribution < 1.29 is 22.7 Å². The highest BCUT2D eigenvalue weighted by Crippen LogP contribution is 2.33. The van der Waals surface area contributed by atoms with E-state index in [4.69, 9.17) is 4.42 Å². The average Bonchev–Trinajstić information content (AvgIpc) is 3.19. The molecule has 1 fully saturated rings. The van der Waals surface area contributed by atoms with Crippen LogP contribution in [0.3, 0.4) is 0 Å². The quantitative estimate of drug-likeness (QED) is 0.900. The summed E-state index contributed by atoms with van der Waals surface area (Å²) >= 11 is 0. The molecule has 0 amide bonds. The van der Waals surface area contributed by atoms with Gasteiger partial charge in [-0.05, 0) is 50.1 Å². The van der Waals surface area contributed by atoms with Gasteiger partial charge in [0.05, 0.1) is 17.5 Å². The average molecular weight is 340 g/mol. The second-order valence-electron chi connectivity index (χ2n) is 6.03. The molecule has 0 bridgehead atoms. The Morgan fingerprint density at radius 2 is 2.17 bits per heavy atom. The molecule has 0 spiro atoms. The number of hydrogen-bond acceptors (Lipinski definition) is 4. The lowest BCUT2D eigenvalue weighted by Gasteiger charge is -2.26. The number of alkyl halides is 3. The highest BCUT2D eigenvalue weighted by atomic mass is 19.4. The van der Waals surface area contributed by atoms with Crippen LogP contribution in [0.5, 0.6) is 0 Å². The van der Waals surface area contributed by atoms with Crippen molar-refractivity contribution in [2.24, 2.45) is 0 Å². The van der Waals surface area contributed by atoms with E-state index in [9.17, 15) is 18.3 Å². The minimum Gasteiger partial charge on any atom is -0.467 e. The van der Waals surface area contributed by atoms with E-state index in [1.165, 1.54) is 18.5 Å². The van der Waals surface area contributed by atoms with Crippen LogP contribution in [-0.4, -0.2) is 27.6 Å². The minimum atomic E-state index is -4.41. The van der Waals surface area contributed by atoms with Crippen LogP contribution in [0, 0.1) is 0 Å². The van der Waals surface area contributed by atoms with Crippen molar-refractivity contribution in [3.05, 3.63) is 53.7 Å². The molecule has 0 radical (unpaired) electrons. The molecule has 2 atom stereocenters. The highest BCUT2D eigenvalue weighted by molar-refractivity contribution is 5.23. The standard InChI is InChI=1S/C17H19F3N2O2/c18-17(19,20)13-5-1-7-21-14(13)11-22-8-2-4-12(22)10-15(23)16-6-3-9-24-16/h1,3,5-7,9,12,15,23H,2,4,8,10-11H2. The van der Waals surface area contributed by atoms with Gasteiger partial charge in [-0.1, -0.05) is 0 Å². The molecule has 1 aliphatic rings. The molecule has 7 heteroatoms. The zero-order valence-corrected chi connectivity index (χ0v) is 13.0. The number of aliphatic hydroxyl groups is 1. The summed E-state index contributed by atoms with van der Waals surface area (Å²) < 4.78 is 44.5. The van der Waals surface area contributed by atoms with Gasteiger partial charge in [-0.3, -0.25) is 9.88 Å². The first kappa shape index (κ1) is 17.0. The first-order valence-corrected chi connectivity index (χ1v) is 7.92. The van der Waals surface area contributed by atoms with Crippen molar-refractivity contribution >= 4 is 0 Å². The van der Waals surface area contributed by atoms with Crippen molar-refractivity contribution in [2.45, 2.75) is 44.1 Å². The maximum absolute atomic E-state index is 13.1. The summed E-state index contributed by atoms with van der Waals surface area (Å²) in [6.45, 7) is 0.828. The molecule has 130 valence electrons. The Morgan fingerprint density at radius 3 is 2.88 bits per heavy atom. The lowest BCUT2D eigenvalue weighted by molar-refractivity contribution is -0.138. The Labute approximate surface area is 137 Å². The van der Waals surface area contributed by atoms with Crippen LogP contribution in [0.2, 0.25) is 0 Å². The summed E-state index contributed by atoms with van der Waals surface area (Å²) in [6, 6.07) is 5.77. The van der Waals surface area contributed by atoms with Crippen LogP contribution < -0.4 is 0 Å². The maximum Gasteiger partial charge on any atom is 0.418 e. The van der Waals surface area contributed by atoms with Crippen molar-refractivity contribution in [1.29, 1.82) is 0 Å².